The molecule has 64 valence electrons. The smallest absolute Gasteiger partial charge is 0.119 e. The minimum absolute atomic E-state index is 0.0440. The van der Waals surface area contributed by atoms with Crippen molar-refractivity contribution in [1.29, 1.82) is 0 Å². The Morgan fingerprint density at radius 3 is 3.09 bits per heavy atom. The van der Waals surface area contributed by atoms with E-state index in [1.165, 1.54) is 0 Å². The van der Waals surface area contributed by atoms with Crippen molar-refractivity contribution in [3.05, 3.63) is 11.8 Å². The lowest BCUT2D eigenvalue weighted by atomic mass is 10.2. The highest BCUT2D eigenvalue weighted by molar-refractivity contribution is 7.99. The molecular formula is C8H14O2S. The van der Waals surface area contributed by atoms with E-state index in [-0.39, 0.29) is 6.10 Å². The first kappa shape index (κ1) is 8.94. The fraction of sp³-hybridized carbons (Fsp3) is 0.750. The topological polar surface area (TPSA) is 29.5 Å². The molecule has 1 aliphatic rings. The Balaban J connectivity index is 2.32. The molecule has 0 aromatic rings. The van der Waals surface area contributed by atoms with E-state index in [9.17, 15) is 5.11 Å². The summed E-state index contributed by atoms with van der Waals surface area (Å²) in [6.45, 7) is 2.71. The van der Waals surface area contributed by atoms with Gasteiger partial charge in [-0.25, -0.2) is 0 Å². The first-order valence-corrected chi connectivity index (χ1v) is 5.06. The van der Waals surface area contributed by atoms with Gasteiger partial charge in [0.2, 0.25) is 0 Å². The fourth-order valence-corrected chi connectivity index (χ4v) is 1.42. The number of ether oxygens (including phenoxy) is 1. The summed E-state index contributed by atoms with van der Waals surface area (Å²) in [5, 5.41) is 9.81. The zero-order valence-corrected chi connectivity index (χ0v) is 7.73. The van der Waals surface area contributed by atoms with Crippen LogP contribution in [0.1, 0.15) is 13.3 Å². The summed E-state index contributed by atoms with van der Waals surface area (Å²) in [5.74, 6) is 0.408. The van der Waals surface area contributed by atoms with E-state index in [0.29, 0.717) is 17.6 Å². The number of thioether (sulfide) groups is 1. The van der Waals surface area contributed by atoms with Gasteiger partial charge in [0.15, 0.2) is 0 Å². The minimum Gasteiger partial charge on any atom is -0.510 e. The molecule has 1 rings (SSSR count). The normalized spacial score (nSPS) is 26.7. The van der Waals surface area contributed by atoms with Crippen LogP contribution in [0.5, 0.6) is 0 Å². The third-order valence-corrected chi connectivity index (χ3v) is 2.87. The molecule has 0 aromatic carbocycles. The highest BCUT2D eigenvalue weighted by atomic mass is 32.2. The Bertz CT molecular complexity index is 156. The molecule has 2 nitrogen and oxygen atoms in total. The Morgan fingerprint density at radius 2 is 2.64 bits per heavy atom. The summed E-state index contributed by atoms with van der Waals surface area (Å²) in [6.07, 6.45) is 4.67. The molecule has 11 heavy (non-hydrogen) atoms. The number of hydrogen-bond donors (Lipinski definition) is 1. The Morgan fingerprint density at radius 1 is 1.91 bits per heavy atom. The Kier molecular flexibility index (Phi) is 3.27. The summed E-state index contributed by atoms with van der Waals surface area (Å²) in [6, 6.07) is 0. The van der Waals surface area contributed by atoms with Crippen LogP contribution in [0.25, 0.3) is 0 Å². The lowest BCUT2D eigenvalue weighted by Gasteiger charge is -2.14. The van der Waals surface area contributed by atoms with Crippen LogP contribution in [0.3, 0.4) is 0 Å². The van der Waals surface area contributed by atoms with Crippen LogP contribution in [-0.4, -0.2) is 29.3 Å². The molecule has 3 heteroatoms. The van der Waals surface area contributed by atoms with Crippen molar-refractivity contribution in [2.45, 2.75) is 24.7 Å². The van der Waals surface area contributed by atoms with E-state index in [1.54, 1.807) is 17.8 Å². The van der Waals surface area contributed by atoms with Gasteiger partial charge in [-0.05, 0) is 18.8 Å². The first-order chi connectivity index (χ1) is 5.24. The van der Waals surface area contributed by atoms with Crippen molar-refractivity contribution in [3.63, 3.8) is 0 Å². The van der Waals surface area contributed by atoms with Crippen molar-refractivity contribution in [1.82, 2.24) is 0 Å². The standard InChI is InChI=1S/C8H14O2S/c1-6(11-2)5-8-7(9)3-4-10-8/h3,6,8-9H,4-5H2,1-2H3. The molecule has 0 spiro atoms. The molecule has 0 aromatic heterocycles. The van der Waals surface area contributed by atoms with Gasteiger partial charge in [0.05, 0.1) is 6.61 Å². The van der Waals surface area contributed by atoms with Gasteiger partial charge in [-0.15, -0.1) is 0 Å². The molecule has 0 fully saturated rings. The predicted octanol–water partition coefficient (Wildman–Crippen LogP) is 1.97. The maximum absolute atomic E-state index is 9.26. The molecule has 0 radical (unpaired) electrons. The number of aliphatic hydroxyl groups is 1. The van der Waals surface area contributed by atoms with Crippen molar-refractivity contribution >= 4 is 11.8 Å². The molecule has 0 bridgehead atoms. The van der Waals surface area contributed by atoms with Crippen LogP contribution in [0.2, 0.25) is 0 Å². The van der Waals surface area contributed by atoms with Crippen molar-refractivity contribution in [3.8, 4) is 0 Å². The van der Waals surface area contributed by atoms with Gasteiger partial charge in [0.25, 0.3) is 0 Å². The third-order valence-electron chi connectivity index (χ3n) is 1.87. The summed E-state index contributed by atoms with van der Waals surface area (Å²) >= 11 is 1.80. The highest BCUT2D eigenvalue weighted by Gasteiger charge is 2.20. The number of hydrogen-bond acceptors (Lipinski definition) is 3. The molecule has 2 atom stereocenters. The van der Waals surface area contributed by atoms with Gasteiger partial charge >= 0.3 is 0 Å². The third kappa shape index (κ3) is 2.42. The first-order valence-electron chi connectivity index (χ1n) is 3.77. The van der Waals surface area contributed by atoms with E-state index >= 15 is 0 Å². The van der Waals surface area contributed by atoms with Crippen molar-refractivity contribution in [2.75, 3.05) is 12.9 Å². The Labute approximate surface area is 71.6 Å². The van der Waals surface area contributed by atoms with Crippen LogP contribution >= 0.6 is 11.8 Å². The van der Waals surface area contributed by atoms with Gasteiger partial charge in [-0.2, -0.15) is 11.8 Å². The van der Waals surface area contributed by atoms with Crippen LogP contribution in [0.4, 0.5) is 0 Å². The molecule has 2 unspecified atom stereocenters. The highest BCUT2D eigenvalue weighted by Crippen LogP contribution is 2.21. The molecule has 1 N–H and O–H groups in total. The monoisotopic (exact) mass is 174 g/mol. The van der Waals surface area contributed by atoms with Crippen LogP contribution in [0, 0.1) is 0 Å². The lowest BCUT2D eigenvalue weighted by molar-refractivity contribution is 0.0901. The van der Waals surface area contributed by atoms with E-state index < -0.39 is 0 Å². The maximum Gasteiger partial charge on any atom is 0.119 e. The molecular weight excluding hydrogens is 160 g/mol. The molecule has 1 heterocycles. The van der Waals surface area contributed by atoms with E-state index in [4.69, 9.17) is 4.74 Å². The fourth-order valence-electron chi connectivity index (χ4n) is 1.05. The zero-order valence-electron chi connectivity index (χ0n) is 6.91. The summed E-state index contributed by atoms with van der Waals surface area (Å²) in [5.41, 5.74) is 0. The summed E-state index contributed by atoms with van der Waals surface area (Å²) < 4.78 is 5.28. The van der Waals surface area contributed by atoms with Gasteiger partial charge in [0.1, 0.15) is 11.9 Å². The average Bonchev–Trinajstić information content (AvgIpc) is 2.37. The van der Waals surface area contributed by atoms with E-state index in [2.05, 4.69) is 13.2 Å². The van der Waals surface area contributed by atoms with Gasteiger partial charge in [0, 0.05) is 5.25 Å². The van der Waals surface area contributed by atoms with Gasteiger partial charge in [-0.1, -0.05) is 6.92 Å². The second-order valence-corrected chi connectivity index (χ2v) is 4.01. The van der Waals surface area contributed by atoms with Crippen LogP contribution in [0.15, 0.2) is 11.8 Å². The molecule has 0 saturated carbocycles. The molecule has 0 amide bonds. The van der Waals surface area contributed by atoms with Gasteiger partial charge < -0.3 is 9.84 Å². The summed E-state index contributed by atoms with van der Waals surface area (Å²) in [7, 11) is 0. The molecule has 0 saturated heterocycles. The zero-order chi connectivity index (χ0) is 8.27. The maximum atomic E-state index is 9.26. The van der Waals surface area contributed by atoms with Gasteiger partial charge in [-0.3, -0.25) is 0 Å². The second-order valence-electron chi connectivity index (χ2n) is 2.73. The molecule has 0 aliphatic carbocycles. The minimum atomic E-state index is -0.0440. The van der Waals surface area contributed by atoms with E-state index in [1.807, 2.05) is 0 Å². The quantitative estimate of drug-likeness (QED) is 0.709. The Hall–Kier alpha value is -0.150. The summed E-state index contributed by atoms with van der Waals surface area (Å²) in [4.78, 5) is 0. The van der Waals surface area contributed by atoms with Crippen LogP contribution < -0.4 is 0 Å². The van der Waals surface area contributed by atoms with Crippen molar-refractivity contribution < 1.29 is 9.84 Å². The number of aliphatic hydroxyl groups excluding tert-OH is 1. The largest absolute Gasteiger partial charge is 0.510 e. The SMILES string of the molecule is CSC(C)CC1OCC=C1O. The lowest BCUT2D eigenvalue weighted by Crippen LogP contribution is -2.15. The average molecular weight is 174 g/mol. The molecule has 1 aliphatic heterocycles. The van der Waals surface area contributed by atoms with E-state index in [0.717, 1.165) is 6.42 Å². The number of rotatable bonds is 3. The van der Waals surface area contributed by atoms with Crippen molar-refractivity contribution in [2.24, 2.45) is 0 Å². The van der Waals surface area contributed by atoms with Crippen LogP contribution in [-0.2, 0) is 4.74 Å². The predicted molar refractivity (Wildman–Crippen MR) is 48.0 cm³/mol. The second kappa shape index (κ2) is 4.02.